The molecule has 1 aromatic heterocycles. The van der Waals surface area contributed by atoms with Gasteiger partial charge in [0, 0.05) is 17.6 Å². The number of hydrogen-bond acceptors (Lipinski definition) is 1. The minimum Gasteiger partial charge on any atom is -0.344 e. The second-order valence-corrected chi connectivity index (χ2v) is 5.84. The number of aryl methyl sites for hydroxylation is 1. The predicted octanol–water partition coefficient (Wildman–Crippen LogP) is 3.78. The third-order valence-electron chi connectivity index (χ3n) is 3.78. The quantitative estimate of drug-likeness (QED) is 0.848. The number of piperidine rings is 1. The molecule has 0 atom stereocenters. The van der Waals surface area contributed by atoms with Crippen LogP contribution in [0, 0.1) is 12.7 Å². The van der Waals surface area contributed by atoms with Crippen LogP contribution in [0.25, 0.3) is 10.9 Å². The van der Waals surface area contributed by atoms with Crippen LogP contribution in [0.2, 0.25) is 0 Å². The third kappa shape index (κ3) is 1.97. The molecule has 2 aromatic rings. The van der Waals surface area contributed by atoms with Gasteiger partial charge in [-0.25, -0.2) is 4.39 Å². The lowest BCUT2D eigenvalue weighted by atomic mass is 10.1. The van der Waals surface area contributed by atoms with Crippen molar-refractivity contribution in [3.63, 3.8) is 0 Å². The molecule has 0 bridgehead atoms. The fourth-order valence-electron chi connectivity index (χ4n) is 2.80. The van der Waals surface area contributed by atoms with E-state index >= 15 is 0 Å². The maximum atomic E-state index is 13.7. The molecule has 0 spiro atoms. The Labute approximate surface area is 114 Å². The van der Waals surface area contributed by atoms with Crippen molar-refractivity contribution in [1.29, 1.82) is 0 Å². The van der Waals surface area contributed by atoms with Crippen molar-refractivity contribution in [3.8, 4) is 0 Å². The highest BCUT2D eigenvalue weighted by molar-refractivity contribution is 9.10. The summed E-state index contributed by atoms with van der Waals surface area (Å²) in [5.74, 6) is -0.184. The third-order valence-corrected chi connectivity index (χ3v) is 4.38. The highest BCUT2D eigenvalue weighted by Gasteiger charge is 2.18. The fraction of sp³-hybridized carbons (Fsp3) is 0.429. The lowest BCUT2D eigenvalue weighted by Crippen LogP contribution is -2.29. The number of halogens is 2. The summed E-state index contributed by atoms with van der Waals surface area (Å²) < 4.78 is 16.5. The molecule has 1 aliphatic heterocycles. The number of nitrogens with one attached hydrogen (secondary N) is 1. The van der Waals surface area contributed by atoms with Gasteiger partial charge in [-0.2, -0.15) is 0 Å². The first-order valence-corrected chi connectivity index (χ1v) is 7.13. The van der Waals surface area contributed by atoms with Crippen molar-refractivity contribution < 1.29 is 4.39 Å². The molecular formula is C14H16BrFN2. The molecule has 2 heterocycles. The zero-order chi connectivity index (χ0) is 12.7. The molecule has 3 rings (SSSR count). The lowest BCUT2D eigenvalue weighted by Gasteiger charge is -2.25. The average molecular weight is 311 g/mol. The summed E-state index contributed by atoms with van der Waals surface area (Å²) in [6.45, 7) is 4.18. The predicted molar refractivity (Wildman–Crippen MR) is 75.5 cm³/mol. The van der Waals surface area contributed by atoms with Crippen molar-refractivity contribution >= 4 is 26.8 Å². The van der Waals surface area contributed by atoms with Crippen LogP contribution in [0.15, 0.2) is 22.8 Å². The summed E-state index contributed by atoms with van der Waals surface area (Å²) in [5.41, 5.74) is 2.23. The Balaban J connectivity index is 2.14. The van der Waals surface area contributed by atoms with Crippen LogP contribution in [0.5, 0.6) is 0 Å². The van der Waals surface area contributed by atoms with E-state index < -0.39 is 0 Å². The van der Waals surface area contributed by atoms with Gasteiger partial charge in [-0.15, -0.1) is 0 Å². The van der Waals surface area contributed by atoms with Crippen molar-refractivity contribution in [1.82, 2.24) is 9.88 Å². The smallest absolute Gasteiger partial charge is 0.139 e. The summed E-state index contributed by atoms with van der Waals surface area (Å²) in [4.78, 5) is 0. The minimum atomic E-state index is -0.184. The van der Waals surface area contributed by atoms with Crippen LogP contribution in [0.4, 0.5) is 4.39 Å². The molecule has 1 fully saturated rings. The first-order chi connectivity index (χ1) is 8.66. The van der Waals surface area contributed by atoms with Crippen molar-refractivity contribution in [2.75, 3.05) is 13.1 Å². The first-order valence-electron chi connectivity index (χ1n) is 6.33. The Hall–Kier alpha value is -0.870. The minimum absolute atomic E-state index is 0.184. The number of benzene rings is 1. The summed E-state index contributed by atoms with van der Waals surface area (Å²) in [7, 11) is 0. The number of hydrogen-bond donors (Lipinski definition) is 1. The SMILES string of the molecule is Cc1cn(C2CCNCC2)c2cc(F)c(Br)cc12. The van der Waals surface area contributed by atoms with E-state index in [4.69, 9.17) is 0 Å². The number of nitrogens with zero attached hydrogens (tertiary/aromatic N) is 1. The van der Waals surface area contributed by atoms with E-state index in [0.717, 1.165) is 36.8 Å². The lowest BCUT2D eigenvalue weighted by molar-refractivity contribution is 0.375. The molecule has 18 heavy (non-hydrogen) atoms. The molecule has 0 aliphatic carbocycles. The topological polar surface area (TPSA) is 17.0 Å². The summed E-state index contributed by atoms with van der Waals surface area (Å²) in [5, 5.41) is 4.51. The molecule has 1 N–H and O–H groups in total. The molecule has 4 heteroatoms. The van der Waals surface area contributed by atoms with Gasteiger partial charge in [0.25, 0.3) is 0 Å². The van der Waals surface area contributed by atoms with Gasteiger partial charge < -0.3 is 9.88 Å². The number of aromatic nitrogens is 1. The Morgan fingerprint density at radius 3 is 2.78 bits per heavy atom. The van der Waals surface area contributed by atoms with E-state index in [1.165, 1.54) is 5.56 Å². The van der Waals surface area contributed by atoms with Crippen LogP contribution in [-0.2, 0) is 0 Å². The van der Waals surface area contributed by atoms with E-state index in [-0.39, 0.29) is 5.82 Å². The van der Waals surface area contributed by atoms with Crippen molar-refractivity contribution in [2.45, 2.75) is 25.8 Å². The van der Waals surface area contributed by atoms with Crippen LogP contribution >= 0.6 is 15.9 Å². The van der Waals surface area contributed by atoms with Crippen molar-refractivity contribution in [2.24, 2.45) is 0 Å². The molecule has 1 saturated heterocycles. The van der Waals surface area contributed by atoms with Crippen LogP contribution < -0.4 is 5.32 Å². The second kappa shape index (κ2) is 4.67. The molecule has 0 amide bonds. The zero-order valence-electron chi connectivity index (χ0n) is 10.3. The Bertz CT molecular complexity index is 585. The van der Waals surface area contributed by atoms with Gasteiger partial charge in [-0.1, -0.05) is 0 Å². The van der Waals surface area contributed by atoms with E-state index in [1.54, 1.807) is 6.07 Å². The van der Waals surface area contributed by atoms with Crippen LogP contribution in [0.3, 0.4) is 0 Å². The molecule has 96 valence electrons. The van der Waals surface area contributed by atoms with Gasteiger partial charge in [0.05, 0.1) is 9.99 Å². The van der Waals surface area contributed by atoms with Crippen LogP contribution in [0.1, 0.15) is 24.4 Å². The van der Waals surface area contributed by atoms with E-state index in [9.17, 15) is 4.39 Å². The molecule has 0 saturated carbocycles. The monoisotopic (exact) mass is 310 g/mol. The maximum Gasteiger partial charge on any atom is 0.139 e. The largest absolute Gasteiger partial charge is 0.344 e. The Morgan fingerprint density at radius 1 is 1.33 bits per heavy atom. The van der Waals surface area contributed by atoms with Crippen LogP contribution in [-0.4, -0.2) is 17.7 Å². The molecule has 0 unspecified atom stereocenters. The summed E-state index contributed by atoms with van der Waals surface area (Å²) in [6, 6.07) is 4.02. The maximum absolute atomic E-state index is 13.7. The van der Waals surface area contributed by atoms with E-state index in [1.807, 2.05) is 6.07 Å². The van der Waals surface area contributed by atoms with Crippen molar-refractivity contribution in [3.05, 3.63) is 34.2 Å². The van der Waals surface area contributed by atoms with Gasteiger partial charge in [0.1, 0.15) is 5.82 Å². The Morgan fingerprint density at radius 2 is 2.06 bits per heavy atom. The molecule has 0 radical (unpaired) electrons. The molecule has 2 nitrogen and oxygen atoms in total. The second-order valence-electron chi connectivity index (χ2n) is 4.98. The van der Waals surface area contributed by atoms with Gasteiger partial charge in [-0.3, -0.25) is 0 Å². The van der Waals surface area contributed by atoms with E-state index in [0.29, 0.717) is 10.5 Å². The van der Waals surface area contributed by atoms with Gasteiger partial charge >= 0.3 is 0 Å². The van der Waals surface area contributed by atoms with E-state index in [2.05, 4.69) is 38.9 Å². The molecular weight excluding hydrogens is 295 g/mol. The number of fused-ring (bicyclic) bond motifs is 1. The molecule has 1 aliphatic rings. The highest BCUT2D eigenvalue weighted by Crippen LogP contribution is 2.31. The van der Waals surface area contributed by atoms with Gasteiger partial charge in [0.2, 0.25) is 0 Å². The van der Waals surface area contributed by atoms with Gasteiger partial charge in [0.15, 0.2) is 0 Å². The van der Waals surface area contributed by atoms with Gasteiger partial charge in [-0.05, 0) is 66.5 Å². The first kappa shape index (κ1) is 12.2. The normalized spacial score (nSPS) is 17.5. The average Bonchev–Trinajstić information content (AvgIpc) is 2.69. The number of rotatable bonds is 1. The fourth-order valence-corrected chi connectivity index (χ4v) is 3.14. The summed E-state index contributed by atoms with van der Waals surface area (Å²) >= 11 is 3.26. The molecule has 1 aromatic carbocycles. The summed E-state index contributed by atoms with van der Waals surface area (Å²) in [6.07, 6.45) is 4.38. The standard InChI is InChI=1S/C14H16BrFN2/c1-9-8-18(10-2-4-17-5-3-10)14-7-13(16)12(15)6-11(9)14/h6-8,10,17H,2-5H2,1H3. The highest BCUT2D eigenvalue weighted by atomic mass is 79.9. The zero-order valence-corrected chi connectivity index (χ0v) is 11.9. The Kier molecular flexibility index (Phi) is 3.16.